The molecule has 2 amide bonds. The Hall–Kier alpha value is -1.18. The summed E-state index contributed by atoms with van der Waals surface area (Å²) >= 11 is 0. The van der Waals surface area contributed by atoms with Gasteiger partial charge in [-0.1, -0.05) is 0 Å². The smallest absolute Gasteiger partial charge is 0.236 e. The molecule has 1 heterocycles. The average Bonchev–Trinajstić information content (AvgIpc) is 2.52. The number of morpholine rings is 1. The van der Waals surface area contributed by atoms with Crippen LogP contribution in [0.25, 0.3) is 0 Å². The average molecular weight is 301 g/mol. The van der Waals surface area contributed by atoms with Crippen LogP contribution in [0.1, 0.15) is 19.8 Å². The number of nitrogens with one attached hydrogen (secondary N) is 2. The van der Waals surface area contributed by atoms with Gasteiger partial charge in [0.05, 0.1) is 19.3 Å². The third-order valence-electron chi connectivity index (χ3n) is 3.37. The molecule has 2 N–H and O–H groups in total. The Labute approximate surface area is 126 Å². The second-order valence-electron chi connectivity index (χ2n) is 5.06. The Morgan fingerprint density at radius 1 is 1.29 bits per heavy atom. The fraction of sp³-hybridized carbons (Fsp3) is 0.857. The van der Waals surface area contributed by atoms with Gasteiger partial charge >= 0.3 is 0 Å². The summed E-state index contributed by atoms with van der Waals surface area (Å²) < 4.78 is 10.1. The van der Waals surface area contributed by atoms with Crippen molar-refractivity contribution in [3.05, 3.63) is 0 Å². The molecule has 1 atom stereocenters. The Kier molecular flexibility index (Phi) is 8.96. The minimum absolute atomic E-state index is 0.0510. The summed E-state index contributed by atoms with van der Waals surface area (Å²) in [6.45, 7) is 6.08. The van der Waals surface area contributed by atoms with Crippen molar-refractivity contribution in [3.8, 4) is 0 Å². The Bertz CT molecular complexity index is 319. The van der Waals surface area contributed by atoms with E-state index in [4.69, 9.17) is 9.47 Å². The highest BCUT2D eigenvalue weighted by Gasteiger charge is 2.17. The number of hydrogen-bond acceptors (Lipinski definition) is 5. The Morgan fingerprint density at radius 3 is 2.67 bits per heavy atom. The lowest BCUT2D eigenvalue weighted by atomic mass is 10.2. The molecular weight excluding hydrogens is 274 g/mol. The molecule has 1 fully saturated rings. The standard InChI is InChI=1S/C14H27N3O4/c1-12(14(19)16-5-3-9-20-2)15-6-4-13(18)17-7-10-21-11-8-17/h12,15H,3-11H2,1-2H3,(H,16,19). The third-order valence-corrected chi connectivity index (χ3v) is 3.37. The molecule has 1 saturated heterocycles. The molecule has 0 aromatic rings. The zero-order chi connectivity index (χ0) is 15.5. The minimum atomic E-state index is -0.301. The van der Waals surface area contributed by atoms with Gasteiger partial charge in [-0.3, -0.25) is 9.59 Å². The van der Waals surface area contributed by atoms with E-state index in [-0.39, 0.29) is 17.9 Å². The number of carbonyl (C=O) groups is 2. The van der Waals surface area contributed by atoms with Crippen LogP contribution in [0.2, 0.25) is 0 Å². The summed E-state index contributed by atoms with van der Waals surface area (Å²) in [6.07, 6.45) is 1.20. The molecule has 1 aliphatic rings. The molecule has 7 nitrogen and oxygen atoms in total. The van der Waals surface area contributed by atoms with Gasteiger partial charge in [-0.2, -0.15) is 0 Å². The van der Waals surface area contributed by atoms with E-state index in [1.54, 1.807) is 18.9 Å². The quantitative estimate of drug-likeness (QED) is 0.554. The van der Waals surface area contributed by atoms with E-state index in [0.29, 0.717) is 52.4 Å². The lowest BCUT2D eigenvalue weighted by Gasteiger charge is -2.27. The van der Waals surface area contributed by atoms with Crippen molar-refractivity contribution in [2.75, 3.05) is 53.1 Å². The normalized spacial score (nSPS) is 16.6. The van der Waals surface area contributed by atoms with Crippen LogP contribution in [-0.2, 0) is 19.1 Å². The number of amides is 2. The number of ether oxygens (including phenoxy) is 2. The van der Waals surface area contributed by atoms with Crippen LogP contribution in [0.5, 0.6) is 0 Å². The molecule has 1 rings (SSSR count). The van der Waals surface area contributed by atoms with Crippen LogP contribution in [0, 0.1) is 0 Å². The zero-order valence-corrected chi connectivity index (χ0v) is 13.0. The molecule has 0 aromatic heterocycles. The van der Waals surface area contributed by atoms with Gasteiger partial charge in [-0.15, -0.1) is 0 Å². The molecule has 0 saturated carbocycles. The lowest BCUT2D eigenvalue weighted by molar-refractivity contribution is -0.135. The van der Waals surface area contributed by atoms with Gasteiger partial charge in [0.2, 0.25) is 11.8 Å². The fourth-order valence-electron chi connectivity index (χ4n) is 2.04. The maximum absolute atomic E-state index is 11.9. The Morgan fingerprint density at radius 2 is 2.00 bits per heavy atom. The maximum Gasteiger partial charge on any atom is 0.236 e. The van der Waals surface area contributed by atoms with E-state index in [1.165, 1.54) is 0 Å². The van der Waals surface area contributed by atoms with E-state index < -0.39 is 0 Å². The first-order chi connectivity index (χ1) is 10.1. The molecule has 0 spiro atoms. The van der Waals surface area contributed by atoms with E-state index in [9.17, 15) is 9.59 Å². The van der Waals surface area contributed by atoms with Crippen LogP contribution in [0.3, 0.4) is 0 Å². The first-order valence-corrected chi connectivity index (χ1v) is 7.50. The second-order valence-corrected chi connectivity index (χ2v) is 5.06. The van der Waals surface area contributed by atoms with Crippen molar-refractivity contribution in [2.24, 2.45) is 0 Å². The number of hydrogen-bond donors (Lipinski definition) is 2. The van der Waals surface area contributed by atoms with Crippen molar-refractivity contribution in [3.63, 3.8) is 0 Å². The molecular formula is C14H27N3O4. The summed E-state index contributed by atoms with van der Waals surface area (Å²) in [6, 6.07) is -0.301. The predicted octanol–water partition coefficient (Wildman–Crippen LogP) is -0.634. The highest BCUT2D eigenvalue weighted by atomic mass is 16.5. The van der Waals surface area contributed by atoms with Crippen LogP contribution in [-0.4, -0.2) is 75.9 Å². The summed E-state index contributed by atoms with van der Waals surface area (Å²) in [4.78, 5) is 25.5. The predicted molar refractivity (Wildman–Crippen MR) is 79.0 cm³/mol. The second kappa shape index (κ2) is 10.5. The monoisotopic (exact) mass is 301 g/mol. The van der Waals surface area contributed by atoms with Gasteiger partial charge in [0.25, 0.3) is 0 Å². The van der Waals surface area contributed by atoms with Crippen LogP contribution in [0.4, 0.5) is 0 Å². The molecule has 1 aliphatic heterocycles. The van der Waals surface area contributed by atoms with E-state index >= 15 is 0 Å². The highest BCUT2D eigenvalue weighted by molar-refractivity contribution is 5.81. The van der Waals surface area contributed by atoms with Crippen molar-refractivity contribution in [1.82, 2.24) is 15.5 Å². The number of rotatable bonds is 9. The maximum atomic E-state index is 11.9. The van der Waals surface area contributed by atoms with Crippen molar-refractivity contribution in [1.29, 1.82) is 0 Å². The SMILES string of the molecule is COCCCNC(=O)C(C)NCCC(=O)N1CCOCC1. The van der Waals surface area contributed by atoms with Gasteiger partial charge in [-0.25, -0.2) is 0 Å². The van der Waals surface area contributed by atoms with Gasteiger partial charge < -0.3 is 25.0 Å². The molecule has 0 aromatic carbocycles. The van der Waals surface area contributed by atoms with Gasteiger partial charge in [0, 0.05) is 46.3 Å². The minimum Gasteiger partial charge on any atom is -0.385 e. The van der Waals surface area contributed by atoms with E-state index in [1.807, 2.05) is 0 Å². The van der Waals surface area contributed by atoms with Crippen molar-refractivity contribution in [2.45, 2.75) is 25.8 Å². The first-order valence-electron chi connectivity index (χ1n) is 7.50. The lowest BCUT2D eigenvalue weighted by Crippen LogP contribution is -2.45. The number of nitrogens with zero attached hydrogens (tertiary/aromatic N) is 1. The first kappa shape index (κ1) is 17.9. The van der Waals surface area contributed by atoms with E-state index in [0.717, 1.165) is 6.42 Å². The summed E-state index contributed by atoms with van der Waals surface area (Å²) in [5.41, 5.74) is 0. The molecule has 0 radical (unpaired) electrons. The van der Waals surface area contributed by atoms with Crippen LogP contribution in [0.15, 0.2) is 0 Å². The van der Waals surface area contributed by atoms with Gasteiger partial charge in [-0.05, 0) is 13.3 Å². The molecule has 0 bridgehead atoms. The van der Waals surface area contributed by atoms with Crippen molar-refractivity contribution < 1.29 is 19.1 Å². The van der Waals surface area contributed by atoms with Gasteiger partial charge in [0.15, 0.2) is 0 Å². The fourth-order valence-corrected chi connectivity index (χ4v) is 2.04. The summed E-state index contributed by atoms with van der Waals surface area (Å²) in [7, 11) is 1.64. The highest BCUT2D eigenvalue weighted by Crippen LogP contribution is 1.99. The summed E-state index contributed by atoms with van der Waals surface area (Å²) in [5, 5.41) is 5.90. The zero-order valence-electron chi connectivity index (χ0n) is 13.0. The molecule has 1 unspecified atom stereocenters. The van der Waals surface area contributed by atoms with Crippen molar-refractivity contribution >= 4 is 11.8 Å². The molecule has 21 heavy (non-hydrogen) atoms. The van der Waals surface area contributed by atoms with Crippen LogP contribution >= 0.6 is 0 Å². The topological polar surface area (TPSA) is 79.9 Å². The number of carbonyl (C=O) groups excluding carboxylic acids is 2. The largest absolute Gasteiger partial charge is 0.385 e. The Balaban J connectivity index is 2.09. The third kappa shape index (κ3) is 7.40. The molecule has 0 aliphatic carbocycles. The van der Waals surface area contributed by atoms with E-state index in [2.05, 4.69) is 10.6 Å². The van der Waals surface area contributed by atoms with Gasteiger partial charge in [0.1, 0.15) is 0 Å². The molecule has 122 valence electrons. The number of methoxy groups -OCH3 is 1. The summed E-state index contributed by atoms with van der Waals surface area (Å²) in [5.74, 6) is 0.0587. The molecule has 7 heteroatoms. The van der Waals surface area contributed by atoms with Crippen LogP contribution < -0.4 is 10.6 Å².